The minimum absolute atomic E-state index is 0.132. The van der Waals surface area contributed by atoms with Gasteiger partial charge in [-0.2, -0.15) is 4.28 Å². The van der Waals surface area contributed by atoms with Crippen LogP contribution in [0.1, 0.15) is 20.7 Å². The number of imide groups is 1. The fourth-order valence-corrected chi connectivity index (χ4v) is 1.55. The number of hydroxylamine groups is 2. The largest absolute Gasteiger partial charge is 0.748 e. The second-order valence-electron chi connectivity index (χ2n) is 2.73. The molecule has 2 amide bonds. The summed E-state index contributed by atoms with van der Waals surface area (Å²) in [6.07, 6.45) is 0. The summed E-state index contributed by atoms with van der Waals surface area (Å²) >= 11 is -2.95. The Morgan fingerprint density at radius 2 is 1.60 bits per heavy atom. The van der Waals surface area contributed by atoms with Gasteiger partial charge in [0.2, 0.25) is 0 Å². The third-order valence-electron chi connectivity index (χ3n) is 1.89. The molecule has 78 valence electrons. The van der Waals surface area contributed by atoms with Crippen molar-refractivity contribution >= 4 is 23.2 Å². The van der Waals surface area contributed by atoms with E-state index in [1.54, 1.807) is 12.1 Å². The fraction of sp³-hybridized carbons (Fsp3) is 0. The molecule has 7 heteroatoms. The Kier molecular flexibility index (Phi) is 2.35. The molecule has 1 atom stereocenters. The highest BCUT2D eigenvalue weighted by atomic mass is 32.2. The summed E-state index contributed by atoms with van der Waals surface area (Å²) in [7, 11) is 0. The van der Waals surface area contributed by atoms with Crippen molar-refractivity contribution in [3.05, 3.63) is 35.4 Å². The third kappa shape index (κ3) is 1.56. The lowest BCUT2D eigenvalue weighted by Gasteiger charge is -2.13. The van der Waals surface area contributed by atoms with Gasteiger partial charge in [-0.05, 0) is 12.1 Å². The van der Waals surface area contributed by atoms with E-state index in [1.807, 2.05) is 0 Å². The highest BCUT2D eigenvalue weighted by Gasteiger charge is 2.36. The van der Waals surface area contributed by atoms with Crippen LogP contribution in [0.5, 0.6) is 0 Å². The molecule has 0 saturated carbocycles. The quantitative estimate of drug-likeness (QED) is 0.523. The molecule has 0 aromatic heterocycles. The van der Waals surface area contributed by atoms with E-state index in [2.05, 4.69) is 4.28 Å². The van der Waals surface area contributed by atoms with E-state index in [4.69, 9.17) is 0 Å². The molecule has 0 radical (unpaired) electrons. The Balaban J connectivity index is 2.41. The summed E-state index contributed by atoms with van der Waals surface area (Å²) in [5.74, 6) is -1.56. The van der Waals surface area contributed by atoms with Crippen molar-refractivity contribution in [1.82, 2.24) is 5.06 Å². The fourth-order valence-electron chi connectivity index (χ4n) is 1.30. The number of carbonyl (C=O) groups is 2. The van der Waals surface area contributed by atoms with Gasteiger partial charge in [0.1, 0.15) is 11.4 Å². The van der Waals surface area contributed by atoms with E-state index in [1.165, 1.54) is 12.1 Å². The van der Waals surface area contributed by atoms with Crippen molar-refractivity contribution < 1.29 is 22.6 Å². The number of hydrogen-bond donors (Lipinski definition) is 0. The second kappa shape index (κ2) is 3.54. The minimum Gasteiger partial charge on any atom is -0.748 e. The van der Waals surface area contributed by atoms with Crippen LogP contribution >= 0.6 is 0 Å². The molecule has 0 fully saturated rings. The number of rotatable bonds is 2. The number of amides is 2. The summed E-state index contributed by atoms with van der Waals surface area (Å²) < 4.78 is 24.5. The van der Waals surface area contributed by atoms with Crippen LogP contribution in [0.15, 0.2) is 24.3 Å². The number of carbonyl (C=O) groups excluding carboxylic acids is 2. The molecule has 1 aromatic carbocycles. The molecule has 0 bridgehead atoms. The zero-order chi connectivity index (χ0) is 11.0. The zero-order valence-corrected chi connectivity index (χ0v) is 8.02. The van der Waals surface area contributed by atoms with E-state index in [0.717, 1.165) is 0 Å². The standard InChI is InChI=1S/C8H5NO5S/c10-7-5-3-1-2-4-6(5)8(11)9(7)14-15(12)13/h1-4H,(H,12,13)/p-1. The van der Waals surface area contributed by atoms with Crippen molar-refractivity contribution in [1.29, 1.82) is 0 Å². The van der Waals surface area contributed by atoms with Crippen LogP contribution in [0, 0.1) is 0 Å². The van der Waals surface area contributed by atoms with Crippen molar-refractivity contribution in [3.8, 4) is 0 Å². The number of hydrogen-bond acceptors (Lipinski definition) is 5. The maximum atomic E-state index is 11.4. The molecule has 1 aliphatic heterocycles. The molecule has 15 heavy (non-hydrogen) atoms. The zero-order valence-electron chi connectivity index (χ0n) is 7.21. The predicted molar refractivity (Wildman–Crippen MR) is 46.9 cm³/mol. The van der Waals surface area contributed by atoms with E-state index >= 15 is 0 Å². The maximum Gasteiger partial charge on any atom is 0.286 e. The van der Waals surface area contributed by atoms with Gasteiger partial charge in [-0.25, -0.2) is 4.21 Å². The first-order valence-electron chi connectivity index (χ1n) is 3.87. The minimum atomic E-state index is -2.95. The van der Waals surface area contributed by atoms with Crippen LogP contribution in [0.3, 0.4) is 0 Å². The van der Waals surface area contributed by atoms with Crippen molar-refractivity contribution in [2.75, 3.05) is 0 Å². The molecule has 1 unspecified atom stereocenters. The van der Waals surface area contributed by atoms with Crippen molar-refractivity contribution in [3.63, 3.8) is 0 Å². The Morgan fingerprint density at radius 3 is 2.00 bits per heavy atom. The second-order valence-corrected chi connectivity index (χ2v) is 3.29. The molecule has 1 aromatic rings. The van der Waals surface area contributed by atoms with E-state index < -0.39 is 23.2 Å². The predicted octanol–water partition coefficient (Wildman–Crippen LogP) is 0.00830. The molecular formula is C8H4NO5S-. The van der Waals surface area contributed by atoms with Crippen LogP contribution in [-0.4, -0.2) is 25.6 Å². The topological polar surface area (TPSA) is 86.7 Å². The average molecular weight is 226 g/mol. The normalized spacial score (nSPS) is 16.7. The SMILES string of the molecule is O=C1c2ccccc2C(=O)N1OS(=O)[O-]. The summed E-state index contributed by atoms with van der Waals surface area (Å²) in [5.41, 5.74) is 0.265. The van der Waals surface area contributed by atoms with Gasteiger partial charge >= 0.3 is 0 Å². The smallest absolute Gasteiger partial charge is 0.286 e. The first-order valence-corrected chi connectivity index (χ1v) is 4.87. The number of benzene rings is 1. The number of fused-ring (bicyclic) bond motifs is 1. The Labute approximate surface area is 86.9 Å². The molecule has 1 aliphatic rings. The summed E-state index contributed by atoms with van der Waals surface area (Å²) in [5, 5.41) is 0.216. The summed E-state index contributed by atoms with van der Waals surface area (Å²) in [4.78, 5) is 22.9. The van der Waals surface area contributed by atoms with Gasteiger partial charge in [0.05, 0.1) is 11.1 Å². The van der Waals surface area contributed by atoms with Gasteiger partial charge in [-0.1, -0.05) is 12.1 Å². The highest BCUT2D eigenvalue weighted by Crippen LogP contribution is 2.22. The molecule has 1 heterocycles. The molecule has 0 saturated heterocycles. The Bertz CT molecular complexity index is 437. The van der Waals surface area contributed by atoms with Crippen LogP contribution in [-0.2, 0) is 15.6 Å². The van der Waals surface area contributed by atoms with E-state index in [0.29, 0.717) is 0 Å². The third-order valence-corrected chi connectivity index (χ3v) is 2.16. The van der Waals surface area contributed by atoms with E-state index in [-0.39, 0.29) is 16.2 Å². The van der Waals surface area contributed by atoms with Gasteiger partial charge < -0.3 is 4.55 Å². The average Bonchev–Trinajstić information content (AvgIpc) is 2.44. The molecule has 0 N–H and O–H groups in total. The monoisotopic (exact) mass is 226 g/mol. The lowest BCUT2D eigenvalue weighted by molar-refractivity contribution is -0.0118. The lowest BCUT2D eigenvalue weighted by Crippen LogP contribution is -2.30. The first kappa shape index (κ1) is 9.97. The van der Waals surface area contributed by atoms with Gasteiger partial charge in [0.25, 0.3) is 11.8 Å². The Hall–Kier alpha value is -1.57. The summed E-state index contributed by atoms with van der Waals surface area (Å²) in [6, 6.07) is 5.99. The maximum absolute atomic E-state index is 11.4. The van der Waals surface area contributed by atoms with Gasteiger partial charge in [0.15, 0.2) is 0 Å². The van der Waals surface area contributed by atoms with Crippen LogP contribution in [0.4, 0.5) is 0 Å². The molecular weight excluding hydrogens is 222 g/mol. The highest BCUT2D eigenvalue weighted by molar-refractivity contribution is 7.74. The van der Waals surface area contributed by atoms with E-state index in [9.17, 15) is 18.4 Å². The summed E-state index contributed by atoms with van der Waals surface area (Å²) in [6.45, 7) is 0. The van der Waals surface area contributed by atoms with Gasteiger partial charge in [0, 0.05) is 0 Å². The van der Waals surface area contributed by atoms with Gasteiger partial charge in [-0.3, -0.25) is 9.59 Å². The van der Waals surface area contributed by atoms with Crippen LogP contribution < -0.4 is 0 Å². The van der Waals surface area contributed by atoms with Crippen molar-refractivity contribution in [2.45, 2.75) is 0 Å². The Morgan fingerprint density at radius 1 is 1.13 bits per heavy atom. The number of nitrogens with zero attached hydrogens (tertiary/aromatic N) is 1. The first-order chi connectivity index (χ1) is 7.11. The lowest BCUT2D eigenvalue weighted by atomic mass is 10.1. The van der Waals surface area contributed by atoms with Crippen LogP contribution in [0.2, 0.25) is 0 Å². The van der Waals surface area contributed by atoms with Gasteiger partial charge in [-0.15, -0.1) is 5.06 Å². The molecule has 2 rings (SSSR count). The molecule has 6 nitrogen and oxygen atoms in total. The van der Waals surface area contributed by atoms with Crippen LogP contribution in [0.25, 0.3) is 0 Å². The molecule has 0 aliphatic carbocycles. The molecule has 0 spiro atoms. The van der Waals surface area contributed by atoms with Crippen molar-refractivity contribution in [2.24, 2.45) is 0 Å².